The minimum atomic E-state index is -0.0713. The number of carbonyl (C=O) groups excluding carboxylic acids is 2. The van der Waals surface area contributed by atoms with Crippen molar-refractivity contribution in [2.75, 3.05) is 24.1 Å². The largest absolute Gasteiger partial charge is 0.397 e. The van der Waals surface area contributed by atoms with E-state index >= 15 is 0 Å². The number of nitrogens with two attached hydrogens (primary N) is 1. The van der Waals surface area contributed by atoms with E-state index in [4.69, 9.17) is 18.0 Å². The Kier molecular flexibility index (Phi) is 7.17. The standard InChI is InChI=1S/C23H24Br2N4O2S/c24-17-11-15(12-18(25)22(17)26)20(30)5-6-21(31)28-9-7-16(8-10-28)29-13-14-3-1-2-4-19(14)27-23(29)32/h1-4,11-12,16H,5-10,13,26H2,(H,27,32). The lowest BCUT2D eigenvalue weighted by molar-refractivity contribution is -0.132. The van der Waals surface area contributed by atoms with Gasteiger partial charge in [0.2, 0.25) is 5.91 Å². The number of amides is 1. The van der Waals surface area contributed by atoms with Gasteiger partial charge in [0.1, 0.15) is 0 Å². The Morgan fingerprint density at radius 3 is 2.44 bits per heavy atom. The van der Waals surface area contributed by atoms with Crippen molar-refractivity contribution < 1.29 is 9.59 Å². The van der Waals surface area contributed by atoms with Crippen LogP contribution < -0.4 is 11.1 Å². The van der Waals surface area contributed by atoms with E-state index in [0.717, 1.165) is 30.2 Å². The highest BCUT2D eigenvalue weighted by molar-refractivity contribution is 9.11. The number of hydrogen-bond donors (Lipinski definition) is 2. The number of nitrogens with one attached hydrogen (secondary N) is 1. The van der Waals surface area contributed by atoms with Crippen molar-refractivity contribution in [1.29, 1.82) is 0 Å². The number of thiocarbonyl (C=S) groups is 1. The fourth-order valence-corrected chi connectivity index (χ4v) is 5.72. The molecule has 2 aromatic carbocycles. The highest BCUT2D eigenvalue weighted by Gasteiger charge is 2.31. The summed E-state index contributed by atoms with van der Waals surface area (Å²) >= 11 is 12.3. The Hall–Kier alpha value is -1.97. The van der Waals surface area contributed by atoms with Gasteiger partial charge in [-0.05, 0) is 80.7 Å². The first-order chi connectivity index (χ1) is 15.3. The second kappa shape index (κ2) is 9.89. The van der Waals surface area contributed by atoms with Crippen LogP contribution in [0.3, 0.4) is 0 Å². The Bertz CT molecular complexity index is 1050. The van der Waals surface area contributed by atoms with Crippen molar-refractivity contribution in [3.63, 3.8) is 0 Å². The van der Waals surface area contributed by atoms with Crippen molar-refractivity contribution in [3.8, 4) is 0 Å². The number of carbonyl (C=O) groups is 2. The zero-order valence-corrected chi connectivity index (χ0v) is 21.4. The van der Waals surface area contributed by atoms with Gasteiger partial charge in [-0.3, -0.25) is 9.59 Å². The fourth-order valence-electron chi connectivity index (χ4n) is 4.21. The van der Waals surface area contributed by atoms with Crippen molar-refractivity contribution in [2.45, 2.75) is 38.3 Å². The summed E-state index contributed by atoms with van der Waals surface area (Å²) in [5.74, 6) is -0.0480. The van der Waals surface area contributed by atoms with E-state index in [9.17, 15) is 9.59 Å². The van der Waals surface area contributed by atoms with E-state index in [1.807, 2.05) is 23.1 Å². The summed E-state index contributed by atoms with van der Waals surface area (Å²) in [6.45, 7) is 2.15. The minimum absolute atomic E-state index is 0.0232. The molecule has 2 heterocycles. The number of Topliss-reactive ketones (excluding diaryl/α,β-unsaturated/α-hetero) is 1. The molecule has 3 N–H and O–H groups in total. The number of para-hydroxylation sites is 1. The average molecular weight is 580 g/mol. The van der Waals surface area contributed by atoms with Gasteiger partial charge in [0.15, 0.2) is 10.9 Å². The summed E-state index contributed by atoms with van der Waals surface area (Å²) < 4.78 is 1.33. The van der Waals surface area contributed by atoms with E-state index in [-0.39, 0.29) is 24.5 Å². The molecule has 6 nitrogen and oxygen atoms in total. The van der Waals surface area contributed by atoms with Crippen molar-refractivity contribution in [2.24, 2.45) is 0 Å². The number of nitrogen functional groups attached to an aromatic ring is 1. The molecule has 1 fully saturated rings. The van der Waals surface area contributed by atoms with Crippen molar-refractivity contribution >= 4 is 72.3 Å². The summed E-state index contributed by atoms with van der Waals surface area (Å²) in [6, 6.07) is 11.9. The molecule has 0 unspecified atom stereocenters. The van der Waals surface area contributed by atoms with Gasteiger partial charge in [-0.15, -0.1) is 0 Å². The molecule has 0 aromatic heterocycles. The second-order valence-corrected chi connectivity index (χ2v) is 10.2. The van der Waals surface area contributed by atoms with Crippen LogP contribution in [0.1, 0.15) is 41.6 Å². The first kappa shape index (κ1) is 23.2. The van der Waals surface area contributed by atoms with E-state index in [1.54, 1.807) is 12.1 Å². The predicted octanol–water partition coefficient (Wildman–Crippen LogP) is 4.96. The van der Waals surface area contributed by atoms with Gasteiger partial charge in [0, 0.05) is 58.7 Å². The summed E-state index contributed by atoms with van der Waals surface area (Å²) in [7, 11) is 0. The van der Waals surface area contributed by atoms with Crippen LogP contribution in [-0.2, 0) is 11.3 Å². The Labute approximate surface area is 209 Å². The van der Waals surface area contributed by atoms with Gasteiger partial charge in [-0.2, -0.15) is 0 Å². The molecular formula is C23H24Br2N4O2S. The second-order valence-electron chi connectivity index (χ2n) is 8.10. The van der Waals surface area contributed by atoms with Crippen molar-refractivity contribution in [3.05, 3.63) is 56.5 Å². The molecule has 9 heteroatoms. The summed E-state index contributed by atoms with van der Waals surface area (Å²) in [5, 5.41) is 4.08. The van der Waals surface area contributed by atoms with E-state index in [1.165, 1.54) is 5.56 Å². The molecule has 0 spiro atoms. The predicted molar refractivity (Wildman–Crippen MR) is 138 cm³/mol. The van der Waals surface area contributed by atoms with Crippen LogP contribution in [0, 0.1) is 0 Å². The van der Waals surface area contributed by atoms with Gasteiger partial charge >= 0.3 is 0 Å². The Morgan fingerprint density at radius 1 is 1.09 bits per heavy atom. The van der Waals surface area contributed by atoms with Crippen LogP contribution in [0.2, 0.25) is 0 Å². The number of fused-ring (bicyclic) bond motifs is 1. The first-order valence-electron chi connectivity index (χ1n) is 10.5. The molecule has 2 aliphatic heterocycles. The average Bonchev–Trinajstić information content (AvgIpc) is 2.80. The van der Waals surface area contributed by atoms with Crippen LogP contribution in [0.4, 0.5) is 11.4 Å². The van der Waals surface area contributed by atoms with Crippen LogP contribution in [0.15, 0.2) is 45.3 Å². The Morgan fingerprint density at radius 2 is 1.75 bits per heavy atom. The van der Waals surface area contributed by atoms with Gasteiger partial charge in [-0.1, -0.05) is 18.2 Å². The third-order valence-electron chi connectivity index (χ3n) is 6.09. The molecule has 0 atom stereocenters. The molecule has 0 saturated carbocycles. The molecule has 2 aromatic rings. The van der Waals surface area contributed by atoms with E-state index < -0.39 is 0 Å². The number of halogens is 2. The van der Waals surface area contributed by atoms with Crippen LogP contribution >= 0.6 is 44.1 Å². The molecule has 4 rings (SSSR count). The number of anilines is 2. The number of hydrogen-bond acceptors (Lipinski definition) is 4. The quantitative estimate of drug-likeness (QED) is 0.296. The van der Waals surface area contributed by atoms with Gasteiger partial charge in [0.25, 0.3) is 0 Å². The first-order valence-corrected chi connectivity index (χ1v) is 12.5. The van der Waals surface area contributed by atoms with Crippen LogP contribution in [-0.4, -0.2) is 45.7 Å². The molecule has 0 radical (unpaired) electrons. The smallest absolute Gasteiger partial charge is 0.223 e. The lowest BCUT2D eigenvalue weighted by Crippen LogP contribution is -2.51. The summed E-state index contributed by atoms with van der Waals surface area (Å²) in [5.41, 5.74) is 9.28. The fraction of sp³-hybridized carbons (Fsp3) is 0.348. The lowest BCUT2D eigenvalue weighted by Gasteiger charge is -2.42. The normalized spacial score (nSPS) is 16.5. The molecule has 1 saturated heterocycles. The molecule has 1 amide bonds. The van der Waals surface area contributed by atoms with Gasteiger partial charge in [0.05, 0.1) is 5.69 Å². The maximum atomic E-state index is 12.7. The van der Waals surface area contributed by atoms with Gasteiger partial charge < -0.3 is 20.9 Å². The number of rotatable bonds is 5. The minimum Gasteiger partial charge on any atom is -0.397 e. The van der Waals surface area contributed by atoms with E-state index in [0.29, 0.717) is 39.3 Å². The number of likely N-dealkylation sites (tertiary alicyclic amines) is 1. The SMILES string of the molecule is Nc1c(Br)cc(C(=O)CCC(=O)N2CCC(N3Cc4ccccc4NC3=S)CC2)cc1Br. The zero-order valence-electron chi connectivity index (χ0n) is 17.4. The third-order valence-corrected chi connectivity index (χ3v) is 7.73. The molecule has 0 aliphatic carbocycles. The molecular weight excluding hydrogens is 556 g/mol. The van der Waals surface area contributed by atoms with Crippen molar-refractivity contribution in [1.82, 2.24) is 9.80 Å². The maximum absolute atomic E-state index is 12.7. The molecule has 0 bridgehead atoms. The number of ketones is 1. The zero-order chi connectivity index (χ0) is 22.8. The summed E-state index contributed by atoms with van der Waals surface area (Å²) in [6.07, 6.45) is 2.11. The number of nitrogens with zero attached hydrogens (tertiary/aromatic N) is 2. The lowest BCUT2D eigenvalue weighted by atomic mass is 10.00. The maximum Gasteiger partial charge on any atom is 0.223 e. The molecule has 2 aliphatic rings. The number of piperidine rings is 1. The topological polar surface area (TPSA) is 78.7 Å². The highest BCUT2D eigenvalue weighted by Crippen LogP contribution is 2.31. The van der Waals surface area contributed by atoms with E-state index in [2.05, 4.69) is 48.1 Å². The Balaban J connectivity index is 1.28. The monoisotopic (exact) mass is 578 g/mol. The van der Waals surface area contributed by atoms with Crippen LogP contribution in [0.5, 0.6) is 0 Å². The van der Waals surface area contributed by atoms with Crippen LogP contribution in [0.25, 0.3) is 0 Å². The molecule has 32 heavy (non-hydrogen) atoms. The van der Waals surface area contributed by atoms with Gasteiger partial charge in [-0.25, -0.2) is 0 Å². The molecule has 168 valence electrons. The summed E-state index contributed by atoms with van der Waals surface area (Å²) in [4.78, 5) is 29.4. The highest BCUT2D eigenvalue weighted by atomic mass is 79.9. The number of benzene rings is 2. The third kappa shape index (κ3) is 5.00.